The number of carbonyl (C=O) groups excluding carboxylic acids is 1. The third-order valence-corrected chi connectivity index (χ3v) is 6.29. The lowest BCUT2D eigenvalue weighted by Gasteiger charge is -2.34. The number of carbonyl (C=O) groups is 1. The summed E-state index contributed by atoms with van der Waals surface area (Å²) in [7, 11) is 0. The van der Waals surface area contributed by atoms with Crippen LogP contribution in [0.3, 0.4) is 0 Å². The van der Waals surface area contributed by atoms with Crippen molar-refractivity contribution in [2.24, 2.45) is 0 Å². The Balaban J connectivity index is 1.55. The molecule has 0 radical (unpaired) electrons. The SMILES string of the molecule is N#C[C@@H]1CC[C@H](C#N)N1C(=O)CNC1(COC2CCCCC2)CCCC1. The van der Waals surface area contributed by atoms with Crippen LogP contribution in [-0.4, -0.2) is 47.7 Å². The first-order chi connectivity index (χ1) is 12.7. The predicted octanol–water partition coefficient (Wildman–Crippen LogP) is 2.64. The molecule has 0 aromatic carbocycles. The van der Waals surface area contributed by atoms with Crippen LogP contribution < -0.4 is 5.32 Å². The summed E-state index contributed by atoms with van der Waals surface area (Å²) in [6.45, 7) is 0.846. The number of nitrogens with one attached hydrogen (secondary N) is 1. The number of amides is 1. The molecule has 3 fully saturated rings. The van der Waals surface area contributed by atoms with Crippen molar-refractivity contribution in [1.29, 1.82) is 10.5 Å². The van der Waals surface area contributed by atoms with Crippen molar-refractivity contribution in [3.8, 4) is 12.1 Å². The summed E-state index contributed by atoms with van der Waals surface area (Å²) in [4.78, 5) is 14.2. The Morgan fingerprint density at radius 1 is 1.00 bits per heavy atom. The number of hydrogen-bond donors (Lipinski definition) is 1. The molecule has 0 spiro atoms. The molecule has 0 bridgehead atoms. The van der Waals surface area contributed by atoms with Crippen LogP contribution in [0.2, 0.25) is 0 Å². The molecule has 2 saturated carbocycles. The number of likely N-dealkylation sites (tertiary alicyclic amines) is 1. The van der Waals surface area contributed by atoms with Crippen LogP contribution in [0.5, 0.6) is 0 Å². The number of ether oxygens (including phenoxy) is 1. The average molecular weight is 358 g/mol. The molecule has 2 atom stereocenters. The molecule has 1 saturated heterocycles. The fraction of sp³-hybridized carbons (Fsp3) is 0.850. The molecule has 1 heterocycles. The van der Waals surface area contributed by atoms with Crippen molar-refractivity contribution < 1.29 is 9.53 Å². The first-order valence-corrected chi connectivity index (χ1v) is 10.1. The quantitative estimate of drug-likeness (QED) is 0.788. The van der Waals surface area contributed by atoms with Gasteiger partial charge in [0.25, 0.3) is 0 Å². The normalized spacial score (nSPS) is 28.6. The van der Waals surface area contributed by atoms with E-state index in [2.05, 4.69) is 17.5 Å². The molecule has 3 aliphatic rings. The van der Waals surface area contributed by atoms with Crippen LogP contribution in [0.25, 0.3) is 0 Å². The smallest absolute Gasteiger partial charge is 0.238 e. The summed E-state index contributed by atoms with van der Waals surface area (Å²) in [6.07, 6.45) is 12.0. The highest BCUT2D eigenvalue weighted by molar-refractivity contribution is 5.80. The van der Waals surface area contributed by atoms with Crippen molar-refractivity contribution in [2.75, 3.05) is 13.2 Å². The molecule has 6 nitrogen and oxygen atoms in total. The molecular formula is C20H30N4O2. The molecule has 1 aliphatic heterocycles. The highest BCUT2D eigenvalue weighted by Gasteiger charge is 2.39. The zero-order valence-electron chi connectivity index (χ0n) is 15.6. The molecular weight excluding hydrogens is 328 g/mol. The van der Waals surface area contributed by atoms with Crippen molar-refractivity contribution >= 4 is 5.91 Å². The van der Waals surface area contributed by atoms with Gasteiger partial charge in [-0.15, -0.1) is 0 Å². The van der Waals surface area contributed by atoms with Crippen molar-refractivity contribution in [2.45, 2.75) is 94.4 Å². The van der Waals surface area contributed by atoms with Crippen LogP contribution in [0, 0.1) is 22.7 Å². The fourth-order valence-electron chi connectivity index (χ4n) is 4.70. The molecule has 6 heteroatoms. The molecule has 0 unspecified atom stereocenters. The van der Waals surface area contributed by atoms with Crippen molar-refractivity contribution in [3.05, 3.63) is 0 Å². The van der Waals surface area contributed by atoms with Crippen LogP contribution in [-0.2, 0) is 9.53 Å². The van der Waals surface area contributed by atoms with Gasteiger partial charge in [-0.2, -0.15) is 10.5 Å². The standard InChI is InChI=1S/C20H30N4O2/c21-12-16-8-9-17(13-22)24(16)19(25)14-23-20(10-4-5-11-20)15-26-18-6-2-1-3-7-18/h16-18,23H,1-11,14-15H2/t16-,17+. The van der Waals surface area contributed by atoms with Gasteiger partial charge < -0.3 is 15.0 Å². The van der Waals surface area contributed by atoms with Crippen LogP contribution in [0.1, 0.15) is 70.6 Å². The summed E-state index contributed by atoms with van der Waals surface area (Å²) in [5.41, 5.74) is -0.128. The summed E-state index contributed by atoms with van der Waals surface area (Å²) in [5, 5.41) is 22.0. The monoisotopic (exact) mass is 358 g/mol. The summed E-state index contributed by atoms with van der Waals surface area (Å²) < 4.78 is 6.22. The lowest BCUT2D eigenvalue weighted by atomic mass is 9.96. The van der Waals surface area contributed by atoms with Gasteiger partial charge in [0.05, 0.1) is 31.4 Å². The van der Waals surface area contributed by atoms with E-state index in [1.54, 1.807) is 0 Å². The third kappa shape index (κ3) is 4.37. The van der Waals surface area contributed by atoms with E-state index in [1.165, 1.54) is 24.2 Å². The molecule has 3 rings (SSSR count). The Morgan fingerprint density at radius 2 is 1.62 bits per heavy atom. The highest BCUT2D eigenvalue weighted by Crippen LogP contribution is 2.32. The summed E-state index contributed by atoms with van der Waals surface area (Å²) in [5.74, 6) is -0.135. The van der Waals surface area contributed by atoms with E-state index >= 15 is 0 Å². The first kappa shape index (κ1) is 19.1. The Morgan fingerprint density at radius 3 is 2.19 bits per heavy atom. The van der Waals surface area contributed by atoms with E-state index in [9.17, 15) is 15.3 Å². The largest absolute Gasteiger partial charge is 0.376 e. The average Bonchev–Trinajstić information content (AvgIpc) is 3.32. The zero-order valence-corrected chi connectivity index (χ0v) is 15.6. The van der Waals surface area contributed by atoms with Gasteiger partial charge in [0, 0.05) is 5.54 Å². The second-order valence-corrected chi connectivity index (χ2v) is 8.08. The van der Waals surface area contributed by atoms with Gasteiger partial charge in [-0.3, -0.25) is 4.79 Å². The third-order valence-electron chi connectivity index (χ3n) is 6.29. The minimum absolute atomic E-state index is 0.128. The molecule has 26 heavy (non-hydrogen) atoms. The number of rotatable bonds is 6. The van der Waals surface area contributed by atoms with Gasteiger partial charge in [0.2, 0.25) is 5.91 Å². The number of nitrogens with zero attached hydrogens (tertiary/aromatic N) is 3. The maximum absolute atomic E-state index is 12.7. The van der Waals surface area contributed by atoms with Crippen LogP contribution in [0.15, 0.2) is 0 Å². The minimum atomic E-state index is -0.466. The lowest BCUT2D eigenvalue weighted by Crippen LogP contribution is -2.53. The van der Waals surface area contributed by atoms with Gasteiger partial charge in [-0.05, 0) is 38.5 Å². The highest BCUT2D eigenvalue weighted by atomic mass is 16.5. The first-order valence-electron chi connectivity index (χ1n) is 10.1. The van der Waals surface area contributed by atoms with Crippen LogP contribution >= 0.6 is 0 Å². The summed E-state index contributed by atoms with van der Waals surface area (Å²) >= 11 is 0. The fourth-order valence-corrected chi connectivity index (χ4v) is 4.70. The van der Waals surface area contributed by atoms with Gasteiger partial charge in [0.15, 0.2) is 0 Å². The van der Waals surface area contributed by atoms with E-state index < -0.39 is 12.1 Å². The van der Waals surface area contributed by atoms with E-state index in [0.29, 0.717) is 25.6 Å². The Kier molecular flexibility index (Phi) is 6.51. The van der Waals surface area contributed by atoms with Crippen molar-refractivity contribution in [3.63, 3.8) is 0 Å². The maximum atomic E-state index is 12.7. The predicted molar refractivity (Wildman–Crippen MR) is 96.9 cm³/mol. The molecule has 0 aromatic rings. The van der Waals surface area contributed by atoms with Crippen LogP contribution in [0.4, 0.5) is 0 Å². The maximum Gasteiger partial charge on any atom is 0.238 e. The van der Waals surface area contributed by atoms with E-state index in [4.69, 9.17) is 4.74 Å². The molecule has 142 valence electrons. The van der Waals surface area contributed by atoms with E-state index in [-0.39, 0.29) is 18.0 Å². The van der Waals surface area contributed by atoms with Gasteiger partial charge in [0.1, 0.15) is 12.1 Å². The Labute approximate surface area is 156 Å². The molecule has 0 aromatic heterocycles. The van der Waals surface area contributed by atoms with Gasteiger partial charge in [-0.25, -0.2) is 0 Å². The zero-order chi connectivity index (χ0) is 18.4. The Hall–Kier alpha value is -1.63. The lowest BCUT2D eigenvalue weighted by molar-refractivity contribution is -0.132. The number of hydrogen-bond acceptors (Lipinski definition) is 5. The van der Waals surface area contributed by atoms with Crippen molar-refractivity contribution in [1.82, 2.24) is 10.2 Å². The van der Waals surface area contributed by atoms with E-state index in [1.807, 2.05) is 0 Å². The number of nitriles is 2. The topological polar surface area (TPSA) is 89.2 Å². The molecule has 1 N–H and O–H groups in total. The molecule has 2 aliphatic carbocycles. The van der Waals surface area contributed by atoms with E-state index in [0.717, 1.165) is 38.5 Å². The minimum Gasteiger partial charge on any atom is -0.376 e. The van der Waals surface area contributed by atoms with Gasteiger partial charge >= 0.3 is 0 Å². The Bertz CT molecular complexity index is 545. The second kappa shape index (κ2) is 8.84. The van der Waals surface area contributed by atoms with Gasteiger partial charge in [-0.1, -0.05) is 32.1 Å². The second-order valence-electron chi connectivity index (χ2n) is 8.08. The molecule has 1 amide bonds. The summed E-state index contributed by atoms with van der Waals surface area (Å²) in [6, 6.07) is 3.40.